The van der Waals surface area contributed by atoms with E-state index in [1.54, 1.807) is 0 Å². The van der Waals surface area contributed by atoms with Crippen LogP contribution in [0.5, 0.6) is 0 Å². The first-order valence-electron chi connectivity index (χ1n) is 6.29. The van der Waals surface area contributed by atoms with E-state index >= 15 is 0 Å². The summed E-state index contributed by atoms with van der Waals surface area (Å²) in [6, 6.07) is 18.6. The molecule has 0 fully saturated rings. The van der Waals surface area contributed by atoms with Gasteiger partial charge in [-0.15, -0.1) is 0 Å². The van der Waals surface area contributed by atoms with Gasteiger partial charge in [0.1, 0.15) is 0 Å². The molecule has 0 aliphatic carbocycles. The number of carboxylic acids is 2. The fraction of sp³-hybridized carbons (Fsp3) is 0. The average molecular weight is 298 g/mol. The van der Waals surface area contributed by atoms with E-state index in [2.05, 4.69) is 0 Å². The van der Waals surface area contributed by atoms with E-state index < -0.39 is 11.9 Å². The van der Waals surface area contributed by atoms with E-state index in [1.165, 1.54) is 0 Å². The molecule has 0 unspecified atom stereocenters. The van der Waals surface area contributed by atoms with E-state index in [9.17, 15) is 14.4 Å². The Kier molecular flexibility index (Phi) is 6.78. The first-order chi connectivity index (χ1) is 10.5. The van der Waals surface area contributed by atoms with Crippen LogP contribution < -0.4 is 0 Å². The standard InChI is InChI=1S/C13H10O.C4H4O4/c14-13(11-7-3-1-4-8-11)12-9-5-2-6-10-12;5-3(6)1-2-4(7)8/h1-10H;1-2H,(H,5,6)(H,7,8). The van der Waals surface area contributed by atoms with Crippen LogP contribution in [-0.4, -0.2) is 27.9 Å². The zero-order valence-electron chi connectivity index (χ0n) is 11.5. The number of carbonyl (C=O) groups excluding carboxylic acids is 1. The quantitative estimate of drug-likeness (QED) is 0.668. The predicted molar refractivity (Wildman–Crippen MR) is 80.7 cm³/mol. The summed E-state index contributed by atoms with van der Waals surface area (Å²) in [6.07, 6.45) is 1.12. The summed E-state index contributed by atoms with van der Waals surface area (Å²) in [6.45, 7) is 0. The third kappa shape index (κ3) is 6.29. The second-order valence-electron chi connectivity index (χ2n) is 4.07. The fourth-order valence-electron chi connectivity index (χ4n) is 1.49. The van der Waals surface area contributed by atoms with Gasteiger partial charge in [0.15, 0.2) is 5.78 Å². The Morgan fingerprint density at radius 1 is 0.636 bits per heavy atom. The smallest absolute Gasteiger partial charge is 0.328 e. The molecule has 0 saturated carbocycles. The van der Waals surface area contributed by atoms with E-state index in [0.717, 1.165) is 11.1 Å². The van der Waals surface area contributed by atoms with Crippen molar-refractivity contribution in [3.8, 4) is 0 Å². The lowest BCUT2D eigenvalue weighted by Crippen LogP contribution is -1.99. The van der Waals surface area contributed by atoms with Gasteiger partial charge in [-0.2, -0.15) is 0 Å². The second-order valence-corrected chi connectivity index (χ2v) is 4.07. The van der Waals surface area contributed by atoms with E-state index in [0.29, 0.717) is 12.2 Å². The molecular formula is C17H14O5. The third-order valence-electron chi connectivity index (χ3n) is 2.44. The summed E-state index contributed by atoms with van der Waals surface area (Å²) in [4.78, 5) is 31.0. The SMILES string of the molecule is O=C(O)C=CC(=O)O.O=C(c1ccccc1)c1ccccc1. The predicted octanol–water partition coefficient (Wildman–Crippen LogP) is 2.63. The Bertz CT molecular complexity index is 602. The Balaban J connectivity index is 0.000000261. The molecule has 112 valence electrons. The summed E-state index contributed by atoms with van der Waals surface area (Å²) in [7, 11) is 0. The molecule has 2 aromatic rings. The maximum atomic E-state index is 11.8. The highest BCUT2D eigenvalue weighted by Gasteiger charge is 2.06. The lowest BCUT2D eigenvalue weighted by atomic mass is 10.0. The third-order valence-corrected chi connectivity index (χ3v) is 2.44. The van der Waals surface area contributed by atoms with Crippen molar-refractivity contribution in [3.05, 3.63) is 83.9 Å². The van der Waals surface area contributed by atoms with Gasteiger partial charge in [0.05, 0.1) is 0 Å². The lowest BCUT2D eigenvalue weighted by Gasteiger charge is -1.99. The van der Waals surface area contributed by atoms with Crippen LogP contribution in [0.1, 0.15) is 15.9 Å². The van der Waals surface area contributed by atoms with Gasteiger partial charge in [0.25, 0.3) is 0 Å². The molecule has 0 amide bonds. The van der Waals surface area contributed by atoms with Gasteiger partial charge < -0.3 is 10.2 Å². The maximum Gasteiger partial charge on any atom is 0.328 e. The molecule has 0 heterocycles. The number of rotatable bonds is 4. The summed E-state index contributed by atoms with van der Waals surface area (Å²) in [5.41, 5.74) is 1.47. The summed E-state index contributed by atoms with van der Waals surface area (Å²) in [5.74, 6) is -2.44. The number of carboxylic acid groups (broad SMARTS) is 2. The molecule has 0 aromatic heterocycles. The molecule has 0 bridgehead atoms. The van der Waals surface area contributed by atoms with Crippen LogP contribution in [0.2, 0.25) is 0 Å². The van der Waals surface area contributed by atoms with Crippen molar-refractivity contribution in [2.45, 2.75) is 0 Å². The number of carbonyl (C=O) groups is 3. The van der Waals surface area contributed by atoms with Crippen molar-refractivity contribution >= 4 is 17.7 Å². The molecule has 22 heavy (non-hydrogen) atoms. The zero-order chi connectivity index (χ0) is 16.4. The highest BCUT2D eigenvalue weighted by molar-refractivity contribution is 6.08. The number of aliphatic carboxylic acids is 2. The van der Waals surface area contributed by atoms with Crippen LogP contribution >= 0.6 is 0 Å². The first kappa shape index (κ1) is 16.8. The number of benzene rings is 2. The van der Waals surface area contributed by atoms with Crippen LogP contribution in [-0.2, 0) is 9.59 Å². The van der Waals surface area contributed by atoms with Gasteiger partial charge in [-0.3, -0.25) is 4.79 Å². The molecule has 0 aliphatic heterocycles. The van der Waals surface area contributed by atoms with Gasteiger partial charge in [0.2, 0.25) is 0 Å². The number of ketones is 1. The average Bonchev–Trinajstić information content (AvgIpc) is 2.54. The monoisotopic (exact) mass is 298 g/mol. The Labute approximate surface area is 127 Å². The molecule has 0 aliphatic rings. The highest BCUT2D eigenvalue weighted by atomic mass is 16.4. The van der Waals surface area contributed by atoms with Crippen LogP contribution in [0, 0.1) is 0 Å². The molecule has 0 spiro atoms. The van der Waals surface area contributed by atoms with E-state index in [4.69, 9.17) is 10.2 Å². The molecular weight excluding hydrogens is 284 g/mol. The summed E-state index contributed by atoms with van der Waals surface area (Å²) < 4.78 is 0. The molecule has 5 nitrogen and oxygen atoms in total. The molecule has 0 radical (unpaired) electrons. The minimum Gasteiger partial charge on any atom is -0.478 e. The van der Waals surface area contributed by atoms with Crippen molar-refractivity contribution in [1.82, 2.24) is 0 Å². The van der Waals surface area contributed by atoms with Crippen molar-refractivity contribution in [1.29, 1.82) is 0 Å². The van der Waals surface area contributed by atoms with Crippen LogP contribution in [0.25, 0.3) is 0 Å². The molecule has 0 saturated heterocycles. The van der Waals surface area contributed by atoms with Gasteiger partial charge in [0, 0.05) is 23.3 Å². The Morgan fingerprint density at radius 3 is 1.23 bits per heavy atom. The molecule has 5 heteroatoms. The van der Waals surface area contributed by atoms with E-state index in [-0.39, 0.29) is 5.78 Å². The van der Waals surface area contributed by atoms with Crippen LogP contribution in [0.15, 0.2) is 72.8 Å². The van der Waals surface area contributed by atoms with Crippen LogP contribution in [0.4, 0.5) is 0 Å². The Morgan fingerprint density at radius 2 is 0.955 bits per heavy atom. The van der Waals surface area contributed by atoms with Crippen molar-refractivity contribution in [3.63, 3.8) is 0 Å². The first-order valence-corrected chi connectivity index (χ1v) is 6.29. The molecule has 0 atom stereocenters. The highest BCUT2D eigenvalue weighted by Crippen LogP contribution is 2.08. The van der Waals surface area contributed by atoms with Gasteiger partial charge >= 0.3 is 11.9 Å². The molecule has 2 N–H and O–H groups in total. The van der Waals surface area contributed by atoms with Crippen LogP contribution in [0.3, 0.4) is 0 Å². The minimum atomic E-state index is -1.26. The Hall–Kier alpha value is -3.21. The zero-order valence-corrected chi connectivity index (χ0v) is 11.5. The molecule has 2 aromatic carbocycles. The summed E-state index contributed by atoms with van der Waals surface area (Å²) in [5, 5.41) is 15.6. The van der Waals surface area contributed by atoms with Gasteiger partial charge in [-0.05, 0) is 0 Å². The number of hydrogen-bond acceptors (Lipinski definition) is 3. The normalized spacial score (nSPS) is 9.64. The van der Waals surface area contributed by atoms with E-state index in [1.807, 2.05) is 60.7 Å². The summed E-state index contributed by atoms with van der Waals surface area (Å²) >= 11 is 0. The molecule has 2 rings (SSSR count). The fourth-order valence-corrected chi connectivity index (χ4v) is 1.49. The topological polar surface area (TPSA) is 91.7 Å². The minimum absolute atomic E-state index is 0.0752. The maximum absolute atomic E-state index is 11.8. The number of hydrogen-bond donors (Lipinski definition) is 2. The van der Waals surface area contributed by atoms with Crippen molar-refractivity contribution in [2.24, 2.45) is 0 Å². The van der Waals surface area contributed by atoms with Gasteiger partial charge in [-0.1, -0.05) is 60.7 Å². The van der Waals surface area contributed by atoms with Gasteiger partial charge in [-0.25, -0.2) is 9.59 Å². The second kappa shape index (κ2) is 8.86. The largest absolute Gasteiger partial charge is 0.478 e. The van der Waals surface area contributed by atoms with Crippen molar-refractivity contribution < 1.29 is 24.6 Å². The van der Waals surface area contributed by atoms with Crippen molar-refractivity contribution in [2.75, 3.05) is 0 Å². The lowest BCUT2D eigenvalue weighted by molar-refractivity contribution is -0.134.